The van der Waals surface area contributed by atoms with Gasteiger partial charge in [-0.25, -0.2) is 0 Å². The second-order valence-corrected chi connectivity index (χ2v) is 7.28. The first-order chi connectivity index (χ1) is 13.6. The monoisotopic (exact) mass is 394 g/mol. The van der Waals surface area contributed by atoms with Gasteiger partial charge < -0.3 is 13.7 Å². The Morgan fingerprint density at radius 2 is 2.00 bits per heavy atom. The number of benzene rings is 2. The number of aryl methyl sites for hydroxylation is 1. The summed E-state index contributed by atoms with van der Waals surface area (Å²) in [4.78, 5) is 29.3. The van der Waals surface area contributed by atoms with E-state index in [1.165, 1.54) is 24.0 Å². The first-order valence-electron chi connectivity index (χ1n) is 8.85. The number of carbonyl (C=O) groups excluding carboxylic acids is 2. The SMILES string of the molecule is CCc1ccc2c(c1)sc(=NC(=O)c1cc3ccccc3o1)n2CC(=O)OC. The molecular weight excluding hydrogens is 376 g/mol. The Hall–Kier alpha value is -3.19. The van der Waals surface area contributed by atoms with Crippen LogP contribution in [0.5, 0.6) is 0 Å². The molecular formula is C21H18N2O4S. The Bertz CT molecular complexity index is 1230. The number of aromatic nitrogens is 1. The van der Waals surface area contributed by atoms with Crippen molar-refractivity contribution in [3.63, 3.8) is 0 Å². The first-order valence-corrected chi connectivity index (χ1v) is 9.67. The molecule has 0 fully saturated rings. The maximum atomic E-state index is 12.7. The minimum Gasteiger partial charge on any atom is -0.468 e. The normalized spacial score (nSPS) is 12.0. The highest BCUT2D eigenvalue weighted by atomic mass is 32.1. The number of furan rings is 1. The smallest absolute Gasteiger partial charge is 0.325 e. The summed E-state index contributed by atoms with van der Waals surface area (Å²) in [5.41, 5.74) is 2.64. The third kappa shape index (κ3) is 3.36. The lowest BCUT2D eigenvalue weighted by atomic mass is 10.2. The Morgan fingerprint density at radius 3 is 2.75 bits per heavy atom. The zero-order chi connectivity index (χ0) is 19.7. The van der Waals surface area contributed by atoms with E-state index in [1.54, 1.807) is 16.7 Å². The molecule has 0 bridgehead atoms. The van der Waals surface area contributed by atoms with E-state index in [-0.39, 0.29) is 12.3 Å². The average Bonchev–Trinajstić information content (AvgIpc) is 3.29. The molecule has 0 radical (unpaired) electrons. The van der Waals surface area contributed by atoms with Gasteiger partial charge in [0.05, 0.1) is 17.3 Å². The Kier molecular flexibility index (Phi) is 4.83. The molecule has 0 saturated heterocycles. The van der Waals surface area contributed by atoms with Crippen molar-refractivity contribution in [2.45, 2.75) is 19.9 Å². The number of methoxy groups -OCH3 is 1. The lowest BCUT2D eigenvalue weighted by Gasteiger charge is -2.04. The molecule has 0 saturated carbocycles. The van der Waals surface area contributed by atoms with Crippen LogP contribution < -0.4 is 4.80 Å². The van der Waals surface area contributed by atoms with Gasteiger partial charge in [-0.2, -0.15) is 4.99 Å². The largest absolute Gasteiger partial charge is 0.468 e. The van der Waals surface area contributed by atoms with E-state index in [9.17, 15) is 9.59 Å². The predicted octanol–water partition coefficient (Wildman–Crippen LogP) is 3.93. The van der Waals surface area contributed by atoms with Crippen LogP contribution in [0.15, 0.2) is 57.9 Å². The summed E-state index contributed by atoms with van der Waals surface area (Å²) < 4.78 is 13.1. The fourth-order valence-electron chi connectivity index (χ4n) is 3.00. The minimum atomic E-state index is -0.489. The van der Waals surface area contributed by atoms with E-state index in [4.69, 9.17) is 9.15 Å². The minimum absolute atomic E-state index is 0.0196. The van der Waals surface area contributed by atoms with Crippen LogP contribution >= 0.6 is 11.3 Å². The highest BCUT2D eigenvalue weighted by Crippen LogP contribution is 2.21. The molecule has 0 aliphatic carbocycles. The Balaban J connectivity index is 1.84. The van der Waals surface area contributed by atoms with Crippen molar-refractivity contribution in [2.75, 3.05) is 7.11 Å². The highest BCUT2D eigenvalue weighted by molar-refractivity contribution is 7.16. The van der Waals surface area contributed by atoms with Crippen molar-refractivity contribution in [3.05, 3.63) is 64.7 Å². The number of esters is 1. The number of carbonyl (C=O) groups is 2. The number of ether oxygens (including phenoxy) is 1. The molecule has 0 N–H and O–H groups in total. The number of rotatable bonds is 4. The molecule has 142 valence electrons. The molecule has 0 atom stereocenters. The molecule has 7 heteroatoms. The van der Waals surface area contributed by atoms with Gasteiger partial charge in [-0.15, -0.1) is 0 Å². The van der Waals surface area contributed by atoms with Crippen molar-refractivity contribution in [2.24, 2.45) is 4.99 Å². The maximum Gasteiger partial charge on any atom is 0.325 e. The molecule has 4 rings (SSSR count). The number of hydrogen-bond donors (Lipinski definition) is 0. The second-order valence-electron chi connectivity index (χ2n) is 6.27. The molecule has 0 unspecified atom stereocenters. The summed E-state index contributed by atoms with van der Waals surface area (Å²) >= 11 is 1.36. The summed E-state index contributed by atoms with van der Waals surface area (Å²) in [5, 5.41) is 0.840. The Morgan fingerprint density at radius 1 is 1.18 bits per heavy atom. The van der Waals surface area contributed by atoms with E-state index in [2.05, 4.69) is 18.0 Å². The van der Waals surface area contributed by atoms with Gasteiger partial charge in [0.1, 0.15) is 12.1 Å². The topological polar surface area (TPSA) is 73.8 Å². The summed E-state index contributed by atoms with van der Waals surface area (Å²) in [6.45, 7) is 2.06. The number of para-hydroxylation sites is 1. The maximum absolute atomic E-state index is 12.7. The molecule has 0 spiro atoms. The quantitative estimate of drug-likeness (QED) is 0.492. The van der Waals surface area contributed by atoms with Crippen molar-refractivity contribution >= 4 is 44.4 Å². The van der Waals surface area contributed by atoms with Crippen LogP contribution in [0.25, 0.3) is 21.2 Å². The fourth-order valence-corrected chi connectivity index (χ4v) is 4.09. The Labute approximate surface area is 164 Å². The highest BCUT2D eigenvalue weighted by Gasteiger charge is 2.15. The van der Waals surface area contributed by atoms with Crippen molar-refractivity contribution < 1.29 is 18.7 Å². The molecule has 2 aromatic heterocycles. The van der Waals surface area contributed by atoms with Gasteiger partial charge in [0, 0.05) is 5.39 Å². The van der Waals surface area contributed by atoms with Crippen LogP contribution in [0, 0.1) is 0 Å². The molecule has 2 heterocycles. The molecule has 0 aliphatic heterocycles. The van der Waals surface area contributed by atoms with Gasteiger partial charge in [0.2, 0.25) is 0 Å². The van der Waals surface area contributed by atoms with Crippen LogP contribution in [0.3, 0.4) is 0 Å². The summed E-state index contributed by atoms with van der Waals surface area (Å²) in [7, 11) is 1.34. The second kappa shape index (κ2) is 7.44. The van der Waals surface area contributed by atoms with Crippen molar-refractivity contribution in [3.8, 4) is 0 Å². The van der Waals surface area contributed by atoms with Gasteiger partial charge in [0.15, 0.2) is 10.6 Å². The lowest BCUT2D eigenvalue weighted by Crippen LogP contribution is -2.22. The predicted molar refractivity (Wildman–Crippen MR) is 107 cm³/mol. The van der Waals surface area contributed by atoms with Gasteiger partial charge in [0.25, 0.3) is 0 Å². The standard InChI is InChI=1S/C21H18N2O4S/c1-3-13-8-9-15-18(10-13)28-21(23(15)12-19(24)26-2)22-20(25)17-11-14-6-4-5-7-16(14)27-17/h4-11H,3,12H2,1-2H3. The molecule has 4 aromatic rings. The molecule has 1 amide bonds. The number of thiazole rings is 1. The van der Waals surface area contributed by atoms with Gasteiger partial charge in [-0.3, -0.25) is 9.59 Å². The van der Waals surface area contributed by atoms with Crippen molar-refractivity contribution in [1.82, 2.24) is 4.57 Å². The van der Waals surface area contributed by atoms with E-state index in [0.29, 0.717) is 10.4 Å². The fraction of sp³-hybridized carbons (Fsp3) is 0.190. The molecule has 28 heavy (non-hydrogen) atoms. The first kappa shape index (κ1) is 18.2. The molecule has 0 aliphatic rings. The van der Waals surface area contributed by atoms with E-state index < -0.39 is 11.9 Å². The zero-order valence-corrected chi connectivity index (χ0v) is 16.3. The van der Waals surface area contributed by atoms with E-state index >= 15 is 0 Å². The van der Waals surface area contributed by atoms with E-state index in [1.807, 2.05) is 30.3 Å². The zero-order valence-electron chi connectivity index (χ0n) is 15.5. The van der Waals surface area contributed by atoms with Gasteiger partial charge >= 0.3 is 11.9 Å². The lowest BCUT2D eigenvalue weighted by molar-refractivity contribution is -0.141. The number of hydrogen-bond acceptors (Lipinski definition) is 5. The summed E-state index contributed by atoms with van der Waals surface area (Å²) in [6.07, 6.45) is 0.898. The number of nitrogens with zero attached hydrogens (tertiary/aromatic N) is 2. The van der Waals surface area contributed by atoms with E-state index in [0.717, 1.165) is 22.0 Å². The molecule has 6 nitrogen and oxygen atoms in total. The summed E-state index contributed by atoms with van der Waals surface area (Å²) in [5.74, 6) is -0.730. The average molecular weight is 394 g/mol. The van der Waals surface area contributed by atoms with Crippen LogP contribution in [0.1, 0.15) is 23.0 Å². The van der Waals surface area contributed by atoms with Gasteiger partial charge in [-0.1, -0.05) is 42.5 Å². The third-order valence-electron chi connectivity index (χ3n) is 4.50. The number of amides is 1. The van der Waals surface area contributed by atoms with Crippen LogP contribution in [0.4, 0.5) is 0 Å². The summed E-state index contributed by atoms with van der Waals surface area (Å²) in [6, 6.07) is 15.1. The molecule has 2 aromatic carbocycles. The third-order valence-corrected chi connectivity index (χ3v) is 5.54. The van der Waals surface area contributed by atoms with Crippen LogP contribution in [0.2, 0.25) is 0 Å². The van der Waals surface area contributed by atoms with Crippen LogP contribution in [-0.4, -0.2) is 23.6 Å². The van der Waals surface area contributed by atoms with Crippen LogP contribution in [-0.2, 0) is 22.5 Å². The number of fused-ring (bicyclic) bond motifs is 2. The van der Waals surface area contributed by atoms with Gasteiger partial charge in [-0.05, 0) is 36.2 Å². The van der Waals surface area contributed by atoms with Crippen molar-refractivity contribution in [1.29, 1.82) is 0 Å².